The van der Waals surface area contributed by atoms with Crippen molar-refractivity contribution in [2.75, 3.05) is 12.4 Å². The average Bonchev–Trinajstić information content (AvgIpc) is 3.13. The topological polar surface area (TPSA) is 75.2 Å². The molecule has 1 heterocycles. The van der Waals surface area contributed by atoms with Crippen molar-refractivity contribution >= 4 is 17.7 Å². The molecule has 2 atom stereocenters. The second-order valence-corrected chi connectivity index (χ2v) is 7.10. The van der Waals surface area contributed by atoms with E-state index in [1.165, 1.54) is 12.1 Å². The first-order valence-electron chi connectivity index (χ1n) is 8.38. The quantitative estimate of drug-likeness (QED) is 0.786. The van der Waals surface area contributed by atoms with Gasteiger partial charge in [-0.25, -0.2) is 4.39 Å². The van der Waals surface area contributed by atoms with Crippen molar-refractivity contribution in [2.45, 2.75) is 24.9 Å². The summed E-state index contributed by atoms with van der Waals surface area (Å²) in [6.45, 7) is 2.68. The number of carboxylic acids is 1. The fourth-order valence-corrected chi connectivity index (χ4v) is 4.02. The first kappa shape index (κ1) is 18.5. The van der Waals surface area contributed by atoms with Crippen molar-refractivity contribution in [3.05, 3.63) is 59.4 Å². The maximum absolute atomic E-state index is 13.0. The van der Waals surface area contributed by atoms with Gasteiger partial charge in [0.25, 0.3) is 0 Å². The van der Waals surface area contributed by atoms with Crippen molar-refractivity contribution in [2.24, 2.45) is 0 Å². The van der Waals surface area contributed by atoms with Gasteiger partial charge < -0.3 is 24.7 Å². The van der Waals surface area contributed by atoms with Crippen LogP contribution in [0.5, 0.6) is 11.5 Å². The predicted molar refractivity (Wildman–Crippen MR) is 94.3 cm³/mol. The molecule has 1 aliphatic rings. The van der Waals surface area contributed by atoms with Gasteiger partial charge in [0.15, 0.2) is 16.9 Å². The van der Waals surface area contributed by atoms with E-state index in [2.05, 4.69) is 0 Å². The Kier molecular flexibility index (Phi) is 6.00. The number of rotatable bonds is 7. The maximum Gasteiger partial charge on any atom is 0.161 e. The molecule has 0 spiro atoms. The van der Waals surface area contributed by atoms with Gasteiger partial charge in [-0.1, -0.05) is 23.9 Å². The Hall–Kier alpha value is -2.25. The Balaban J connectivity index is 1.72. The Bertz CT molecular complexity index is 769. The summed E-state index contributed by atoms with van der Waals surface area (Å²) >= 11 is 1.57. The van der Waals surface area contributed by atoms with Crippen molar-refractivity contribution in [3.8, 4) is 11.5 Å². The second-order valence-electron chi connectivity index (χ2n) is 5.93. The van der Waals surface area contributed by atoms with E-state index in [4.69, 9.17) is 9.47 Å². The molecular weight excluding hydrogens is 357 g/mol. The highest BCUT2D eigenvalue weighted by Crippen LogP contribution is 2.34. The molecule has 138 valence electrons. The minimum Gasteiger partial charge on any atom is -0.544 e. The molecule has 0 saturated carbocycles. The Morgan fingerprint density at radius 2 is 2.00 bits per heavy atom. The molecule has 0 radical (unpaired) electrons. The highest BCUT2D eigenvalue weighted by Gasteiger charge is 2.31. The lowest BCUT2D eigenvalue weighted by atomic mass is 10.2. The number of benzene rings is 2. The van der Waals surface area contributed by atoms with Gasteiger partial charge in [0, 0.05) is 5.56 Å². The van der Waals surface area contributed by atoms with E-state index in [0.29, 0.717) is 30.5 Å². The zero-order valence-corrected chi connectivity index (χ0v) is 15.1. The maximum atomic E-state index is 13.0. The van der Waals surface area contributed by atoms with Gasteiger partial charge in [0.05, 0.1) is 12.4 Å². The van der Waals surface area contributed by atoms with Crippen LogP contribution in [-0.4, -0.2) is 24.4 Å². The highest BCUT2D eigenvalue weighted by atomic mass is 32.2. The first-order chi connectivity index (χ1) is 12.6. The second kappa shape index (κ2) is 8.42. The fourth-order valence-electron chi connectivity index (χ4n) is 2.71. The predicted octanol–water partition coefficient (Wildman–Crippen LogP) is 1.23. The van der Waals surface area contributed by atoms with Gasteiger partial charge in [-0.15, -0.1) is 0 Å². The van der Waals surface area contributed by atoms with Crippen LogP contribution in [0.1, 0.15) is 23.4 Å². The van der Waals surface area contributed by atoms with Crippen molar-refractivity contribution < 1.29 is 29.1 Å². The summed E-state index contributed by atoms with van der Waals surface area (Å²) in [7, 11) is 0. The third kappa shape index (κ3) is 4.47. The lowest BCUT2D eigenvalue weighted by Crippen LogP contribution is -2.90. The third-order valence-corrected chi connectivity index (χ3v) is 5.41. The van der Waals surface area contributed by atoms with E-state index in [0.717, 1.165) is 11.1 Å². The minimum atomic E-state index is -1.04. The average molecular weight is 377 g/mol. The van der Waals surface area contributed by atoms with Crippen LogP contribution in [-0.2, 0) is 11.4 Å². The molecule has 2 N–H and O–H groups in total. The number of carbonyl (C=O) groups is 1. The number of carbonyl (C=O) groups excluding carboxylic acids is 1. The van der Waals surface area contributed by atoms with Crippen LogP contribution in [0.15, 0.2) is 42.5 Å². The lowest BCUT2D eigenvalue weighted by molar-refractivity contribution is -0.690. The molecule has 7 heteroatoms. The van der Waals surface area contributed by atoms with Crippen LogP contribution in [0.4, 0.5) is 4.39 Å². The molecule has 1 fully saturated rings. The fraction of sp³-hybridized carbons (Fsp3) is 0.316. The van der Waals surface area contributed by atoms with Crippen LogP contribution in [0.3, 0.4) is 0 Å². The number of quaternary nitrogens is 1. The van der Waals surface area contributed by atoms with E-state index in [1.807, 2.05) is 25.1 Å². The number of hydrogen-bond acceptors (Lipinski definition) is 5. The van der Waals surface area contributed by atoms with Crippen LogP contribution < -0.4 is 19.9 Å². The molecule has 0 amide bonds. The molecule has 2 aromatic rings. The summed E-state index contributed by atoms with van der Waals surface area (Å²) in [6.07, 6.45) is 0. The summed E-state index contributed by atoms with van der Waals surface area (Å²) in [5.74, 6) is 0.398. The van der Waals surface area contributed by atoms with Gasteiger partial charge in [-0.05, 0) is 42.8 Å². The van der Waals surface area contributed by atoms with E-state index in [1.54, 1.807) is 29.2 Å². The van der Waals surface area contributed by atoms with Gasteiger partial charge in [-0.3, -0.25) is 0 Å². The molecule has 5 nitrogen and oxygen atoms in total. The van der Waals surface area contributed by atoms with Crippen LogP contribution in [0.2, 0.25) is 0 Å². The number of carboxylic acid groups (broad SMARTS) is 1. The normalized spacial score (nSPS) is 19.3. The molecule has 0 unspecified atom stereocenters. The SMILES string of the molecule is CCOc1cc([C@@H]2[NH2+][C@@H](C(=O)[O-])CS2)ccc1OCc1ccc(F)cc1. The smallest absolute Gasteiger partial charge is 0.161 e. The number of nitrogens with two attached hydrogens (primary N) is 1. The molecule has 0 aromatic heterocycles. The molecule has 1 aliphatic heterocycles. The summed E-state index contributed by atoms with van der Waals surface area (Å²) < 4.78 is 24.5. The molecule has 0 bridgehead atoms. The summed E-state index contributed by atoms with van der Waals surface area (Å²) in [4.78, 5) is 11.0. The first-order valence-corrected chi connectivity index (χ1v) is 9.43. The van der Waals surface area contributed by atoms with Gasteiger partial charge in [-0.2, -0.15) is 0 Å². The lowest BCUT2D eigenvalue weighted by Gasteiger charge is -2.15. The van der Waals surface area contributed by atoms with Crippen molar-refractivity contribution in [3.63, 3.8) is 0 Å². The molecular formula is C19H20FNO4S. The zero-order valence-electron chi connectivity index (χ0n) is 14.3. The number of hydrogen-bond donors (Lipinski definition) is 1. The van der Waals surface area contributed by atoms with Crippen LogP contribution >= 0.6 is 11.8 Å². The summed E-state index contributed by atoms with van der Waals surface area (Å²) in [5.41, 5.74) is 1.82. The molecule has 3 rings (SSSR count). The minimum absolute atomic E-state index is 0.0109. The van der Waals surface area contributed by atoms with E-state index >= 15 is 0 Å². The van der Waals surface area contributed by atoms with E-state index < -0.39 is 12.0 Å². The van der Waals surface area contributed by atoms with Crippen LogP contribution in [0, 0.1) is 5.82 Å². The largest absolute Gasteiger partial charge is 0.544 e. The highest BCUT2D eigenvalue weighted by molar-refractivity contribution is 7.99. The Labute approximate surface area is 155 Å². The number of aliphatic carboxylic acids is 1. The molecule has 2 aromatic carbocycles. The van der Waals surface area contributed by atoms with Gasteiger partial charge in [0.2, 0.25) is 0 Å². The van der Waals surface area contributed by atoms with E-state index in [9.17, 15) is 14.3 Å². The standard InChI is InChI=1S/C19H20FNO4S/c1-2-24-17-9-13(18-21-15(11-26-18)19(22)23)5-8-16(17)25-10-12-3-6-14(20)7-4-12/h3-9,15,18,21H,2,10-11H2,1H3,(H,22,23)/t15-,18-/m1/s1. The van der Waals surface area contributed by atoms with Gasteiger partial charge >= 0.3 is 0 Å². The Morgan fingerprint density at radius 3 is 2.65 bits per heavy atom. The number of thioether (sulfide) groups is 1. The number of ether oxygens (including phenoxy) is 2. The molecule has 0 aliphatic carbocycles. The molecule has 26 heavy (non-hydrogen) atoms. The molecule has 1 saturated heterocycles. The number of halogens is 1. The summed E-state index contributed by atoms with van der Waals surface area (Å²) in [5, 5.41) is 12.8. The van der Waals surface area contributed by atoms with E-state index in [-0.39, 0.29) is 11.2 Å². The zero-order chi connectivity index (χ0) is 18.5. The van der Waals surface area contributed by atoms with Crippen LogP contribution in [0.25, 0.3) is 0 Å². The van der Waals surface area contributed by atoms with Gasteiger partial charge in [0.1, 0.15) is 24.4 Å². The third-order valence-electron chi connectivity index (χ3n) is 4.07. The van der Waals surface area contributed by atoms with Crippen molar-refractivity contribution in [1.29, 1.82) is 0 Å². The Morgan fingerprint density at radius 1 is 1.23 bits per heavy atom. The van der Waals surface area contributed by atoms with Crippen molar-refractivity contribution in [1.82, 2.24) is 0 Å². The monoisotopic (exact) mass is 377 g/mol. The summed E-state index contributed by atoms with van der Waals surface area (Å²) in [6, 6.07) is 11.2.